The first kappa shape index (κ1) is 15.5. The summed E-state index contributed by atoms with van der Waals surface area (Å²) in [7, 11) is 0. The number of unbranched alkanes of at least 4 members (excludes halogenated alkanes) is 1. The normalized spacial score (nSPS) is 11.9. The average Bonchev–Trinajstić information content (AvgIpc) is 2.39. The van der Waals surface area contributed by atoms with Crippen LogP contribution in [0.4, 0.5) is 4.39 Å². The number of ether oxygens (including phenoxy) is 2. The van der Waals surface area contributed by atoms with Gasteiger partial charge in [-0.05, 0) is 37.6 Å². The Morgan fingerprint density at radius 3 is 2.53 bits per heavy atom. The van der Waals surface area contributed by atoms with E-state index in [2.05, 4.69) is 0 Å². The summed E-state index contributed by atoms with van der Waals surface area (Å²) in [5, 5.41) is 0. The van der Waals surface area contributed by atoms with Crippen LogP contribution in [0.15, 0.2) is 24.3 Å². The Balaban J connectivity index is 2.40. The highest BCUT2D eigenvalue weighted by atomic mass is 19.1. The van der Waals surface area contributed by atoms with Gasteiger partial charge in [-0.1, -0.05) is 13.3 Å². The molecule has 0 amide bonds. The fraction of sp³-hybridized carbons (Fsp3) is 0.533. The van der Waals surface area contributed by atoms with E-state index < -0.39 is 6.17 Å². The summed E-state index contributed by atoms with van der Waals surface area (Å²) in [4.78, 5) is 11.6. The first-order valence-corrected chi connectivity index (χ1v) is 6.67. The van der Waals surface area contributed by atoms with E-state index in [0.29, 0.717) is 30.9 Å². The van der Waals surface area contributed by atoms with E-state index in [1.807, 2.05) is 6.92 Å². The van der Waals surface area contributed by atoms with Gasteiger partial charge in [-0.3, -0.25) is 0 Å². The van der Waals surface area contributed by atoms with Gasteiger partial charge in [0.2, 0.25) is 0 Å². The van der Waals surface area contributed by atoms with Crippen LogP contribution in [0.25, 0.3) is 0 Å². The number of carbonyl (C=O) groups excluding carboxylic acids is 1. The molecule has 0 fully saturated rings. The fourth-order valence-corrected chi connectivity index (χ4v) is 1.42. The molecule has 0 spiro atoms. The first-order valence-electron chi connectivity index (χ1n) is 6.67. The van der Waals surface area contributed by atoms with Crippen LogP contribution in [0.1, 0.15) is 43.5 Å². The molecule has 0 saturated heterocycles. The van der Waals surface area contributed by atoms with Crippen LogP contribution in [-0.4, -0.2) is 25.4 Å². The molecule has 0 aliphatic carbocycles. The highest BCUT2D eigenvalue weighted by Gasteiger charge is 2.07. The second-order valence-corrected chi connectivity index (χ2v) is 4.43. The Hall–Kier alpha value is -1.58. The minimum atomic E-state index is -0.868. The number of hydrogen-bond donors (Lipinski definition) is 0. The number of rotatable bonds is 8. The van der Waals surface area contributed by atoms with Gasteiger partial charge in [0.15, 0.2) is 0 Å². The molecule has 0 saturated carbocycles. The number of esters is 1. The maximum Gasteiger partial charge on any atom is 0.338 e. The van der Waals surface area contributed by atoms with E-state index >= 15 is 0 Å². The third-order valence-electron chi connectivity index (χ3n) is 2.61. The molecule has 0 aromatic heterocycles. The van der Waals surface area contributed by atoms with Crippen LogP contribution in [0.2, 0.25) is 0 Å². The highest BCUT2D eigenvalue weighted by molar-refractivity contribution is 5.89. The lowest BCUT2D eigenvalue weighted by molar-refractivity contribution is 0.0499. The van der Waals surface area contributed by atoms with Crippen molar-refractivity contribution in [1.29, 1.82) is 0 Å². The van der Waals surface area contributed by atoms with E-state index in [0.717, 1.165) is 12.8 Å². The molecular formula is C15H21FO3. The summed E-state index contributed by atoms with van der Waals surface area (Å²) >= 11 is 0. The Morgan fingerprint density at radius 2 is 1.95 bits per heavy atom. The second kappa shape index (κ2) is 8.51. The molecule has 1 rings (SSSR count). The van der Waals surface area contributed by atoms with Gasteiger partial charge >= 0.3 is 5.97 Å². The van der Waals surface area contributed by atoms with Crippen LogP contribution in [0.5, 0.6) is 5.75 Å². The minimum Gasteiger partial charge on any atom is -0.493 e. The van der Waals surface area contributed by atoms with Crippen LogP contribution in [-0.2, 0) is 4.74 Å². The van der Waals surface area contributed by atoms with E-state index in [1.54, 1.807) is 24.3 Å². The molecule has 0 heterocycles. The molecule has 0 bridgehead atoms. The van der Waals surface area contributed by atoms with Gasteiger partial charge in [0, 0.05) is 6.42 Å². The maximum atomic E-state index is 12.6. The first-order chi connectivity index (χ1) is 9.13. The van der Waals surface area contributed by atoms with Crippen molar-refractivity contribution < 1.29 is 18.7 Å². The number of carbonyl (C=O) groups is 1. The van der Waals surface area contributed by atoms with E-state index in [-0.39, 0.29) is 5.97 Å². The Morgan fingerprint density at radius 1 is 1.26 bits per heavy atom. The fourth-order valence-electron chi connectivity index (χ4n) is 1.42. The van der Waals surface area contributed by atoms with Crippen molar-refractivity contribution in [3.8, 4) is 5.75 Å². The van der Waals surface area contributed by atoms with Gasteiger partial charge in [-0.2, -0.15) is 0 Å². The molecule has 106 valence electrons. The van der Waals surface area contributed by atoms with Crippen molar-refractivity contribution in [1.82, 2.24) is 0 Å². The number of hydrogen-bond acceptors (Lipinski definition) is 3. The average molecular weight is 268 g/mol. The zero-order valence-electron chi connectivity index (χ0n) is 11.5. The summed E-state index contributed by atoms with van der Waals surface area (Å²) in [5.74, 6) is 0.308. The minimum absolute atomic E-state index is 0.322. The summed E-state index contributed by atoms with van der Waals surface area (Å²) in [6, 6.07) is 6.70. The standard InChI is InChI=1S/C15H21FO3/c1-3-4-10-19-15(17)13-5-7-14(8-6-13)18-11-9-12(2)16/h5-8,12H,3-4,9-11H2,1-2H3. The van der Waals surface area contributed by atoms with Crippen LogP contribution >= 0.6 is 0 Å². The zero-order chi connectivity index (χ0) is 14.1. The molecule has 0 aliphatic rings. The third kappa shape index (κ3) is 6.22. The molecule has 0 N–H and O–H groups in total. The van der Waals surface area contributed by atoms with E-state index in [9.17, 15) is 9.18 Å². The Labute approximate surface area is 113 Å². The summed E-state index contributed by atoms with van der Waals surface area (Å²) < 4.78 is 23.0. The van der Waals surface area contributed by atoms with Crippen LogP contribution in [0, 0.1) is 0 Å². The van der Waals surface area contributed by atoms with Gasteiger partial charge in [0.05, 0.1) is 18.8 Å². The largest absolute Gasteiger partial charge is 0.493 e. The molecular weight excluding hydrogens is 247 g/mol. The molecule has 3 nitrogen and oxygen atoms in total. The lowest BCUT2D eigenvalue weighted by atomic mass is 10.2. The Bertz CT molecular complexity index is 373. The third-order valence-corrected chi connectivity index (χ3v) is 2.61. The van der Waals surface area contributed by atoms with Crippen molar-refractivity contribution >= 4 is 5.97 Å². The lowest BCUT2D eigenvalue weighted by Crippen LogP contribution is -2.07. The molecule has 1 aromatic carbocycles. The smallest absolute Gasteiger partial charge is 0.338 e. The lowest BCUT2D eigenvalue weighted by Gasteiger charge is -2.08. The van der Waals surface area contributed by atoms with E-state index in [4.69, 9.17) is 9.47 Å². The molecule has 4 heteroatoms. The molecule has 0 radical (unpaired) electrons. The van der Waals surface area contributed by atoms with Gasteiger partial charge in [-0.25, -0.2) is 9.18 Å². The number of alkyl halides is 1. The van der Waals surface area contributed by atoms with Crippen molar-refractivity contribution in [2.24, 2.45) is 0 Å². The summed E-state index contributed by atoms with van der Waals surface area (Å²) in [5.41, 5.74) is 0.502. The van der Waals surface area contributed by atoms with Crippen molar-refractivity contribution in [3.05, 3.63) is 29.8 Å². The second-order valence-electron chi connectivity index (χ2n) is 4.43. The molecule has 1 aromatic rings. The predicted molar refractivity (Wildman–Crippen MR) is 72.3 cm³/mol. The SMILES string of the molecule is CCCCOC(=O)c1ccc(OCCC(C)F)cc1. The summed E-state index contributed by atoms with van der Waals surface area (Å²) in [6.45, 7) is 4.32. The van der Waals surface area contributed by atoms with Gasteiger partial charge in [0.25, 0.3) is 0 Å². The Kier molecular flexibility index (Phi) is 6.93. The quantitative estimate of drug-likeness (QED) is 0.532. The van der Waals surface area contributed by atoms with Crippen LogP contribution in [0.3, 0.4) is 0 Å². The molecule has 0 aliphatic heterocycles. The maximum absolute atomic E-state index is 12.6. The molecule has 1 unspecified atom stereocenters. The van der Waals surface area contributed by atoms with Crippen molar-refractivity contribution in [2.45, 2.75) is 39.3 Å². The van der Waals surface area contributed by atoms with Gasteiger partial charge in [0.1, 0.15) is 11.9 Å². The highest BCUT2D eigenvalue weighted by Crippen LogP contribution is 2.14. The van der Waals surface area contributed by atoms with Gasteiger partial charge in [-0.15, -0.1) is 0 Å². The number of benzene rings is 1. The summed E-state index contributed by atoms with van der Waals surface area (Å²) in [6.07, 6.45) is 1.36. The zero-order valence-corrected chi connectivity index (χ0v) is 11.5. The number of halogens is 1. The molecule has 19 heavy (non-hydrogen) atoms. The van der Waals surface area contributed by atoms with Gasteiger partial charge < -0.3 is 9.47 Å². The van der Waals surface area contributed by atoms with Crippen molar-refractivity contribution in [3.63, 3.8) is 0 Å². The van der Waals surface area contributed by atoms with Crippen LogP contribution < -0.4 is 4.74 Å². The van der Waals surface area contributed by atoms with Crippen molar-refractivity contribution in [2.75, 3.05) is 13.2 Å². The van der Waals surface area contributed by atoms with E-state index in [1.165, 1.54) is 6.92 Å². The topological polar surface area (TPSA) is 35.5 Å². The monoisotopic (exact) mass is 268 g/mol. The molecule has 1 atom stereocenters. The predicted octanol–water partition coefficient (Wildman–Crippen LogP) is 3.77.